The Morgan fingerprint density at radius 1 is 1.18 bits per heavy atom. The van der Waals surface area contributed by atoms with E-state index in [1.165, 1.54) is 6.92 Å². The molecule has 1 saturated heterocycles. The number of carbonyl (C=O) groups is 4. The second-order valence-corrected chi connectivity index (χ2v) is 12.6. The number of ether oxygens (including phenoxy) is 2. The summed E-state index contributed by atoms with van der Waals surface area (Å²) < 4.78 is 10.5. The lowest BCUT2D eigenvalue weighted by Crippen LogP contribution is -2.52. The quantitative estimate of drug-likeness (QED) is 0.393. The number of aliphatic carboxylic acids is 1. The van der Waals surface area contributed by atoms with E-state index >= 15 is 0 Å². The average molecular weight is 562 g/mol. The van der Waals surface area contributed by atoms with Crippen molar-refractivity contribution in [1.29, 1.82) is 0 Å². The standard InChI is InChI=1S/C29H43N3O8/c1-18(25(35)36)13-23(33)21(30-26(37)40-28(2,3)4)15-29(5,6)16-24(34)32-17-20(31-11-12-39-27(31)38)14-19-9-7-8-10-22(19)32/h7-10,18,20-21,23,33H,11-17H2,1-6H3,(H,30,37)(H,35,36)/t18-,20-,21+,23+/m1/s1. The van der Waals surface area contributed by atoms with Gasteiger partial charge in [-0.2, -0.15) is 0 Å². The predicted octanol–water partition coefficient (Wildman–Crippen LogP) is 3.57. The zero-order valence-electron chi connectivity index (χ0n) is 24.3. The number of amides is 3. The van der Waals surface area contributed by atoms with Gasteiger partial charge in [0.05, 0.1) is 30.7 Å². The van der Waals surface area contributed by atoms with E-state index in [-0.39, 0.29) is 37.3 Å². The highest BCUT2D eigenvalue weighted by Gasteiger charge is 2.39. The van der Waals surface area contributed by atoms with Crippen molar-refractivity contribution in [2.45, 2.75) is 91.0 Å². The van der Waals surface area contributed by atoms with Crippen molar-refractivity contribution >= 4 is 29.8 Å². The smallest absolute Gasteiger partial charge is 0.410 e. The Balaban J connectivity index is 1.78. The number of rotatable bonds is 10. The highest BCUT2D eigenvalue weighted by Crippen LogP contribution is 2.35. The number of carboxylic acids is 1. The molecule has 3 rings (SSSR count). The molecule has 0 aliphatic carbocycles. The maximum Gasteiger partial charge on any atom is 0.410 e. The lowest BCUT2D eigenvalue weighted by Gasteiger charge is -2.40. The first-order valence-electron chi connectivity index (χ1n) is 13.8. The van der Waals surface area contributed by atoms with Crippen molar-refractivity contribution in [3.8, 4) is 0 Å². The molecule has 0 saturated carbocycles. The minimum atomic E-state index is -1.17. The molecule has 2 heterocycles. The number of para-hydroxylation sites is 1. The Hall–Kier alpha value is -3.34. The van der Waals surface area contributed by atoms with Crippen molar-refractivity contribution in [3.05, 3.63) is 29.8 Å². The SMILES string of the molecule is C[C@H](C[C@H](O)[C@H](CC(C)(C)CC(=O)N1C[C@H](N2CCOC2=O)Cc2ccccc21)NC(=O)OC(C)(C)C)C(=O)O. The highest BCUT2D eigenvalue weighted by molar-refractivity contribution is 5.95. The Bertz CT molecular complexity index is 1100. The maximum absolute atomic E-state index is 13.8. The van der Waals surface area contributed by atoms with Gasteiger partial charge in [0.25, 0.3) is 0 Å². The van der Waals surface area contributed by atoms with Gasteiger partial charge in [-0.3, -0.25) is 14.5 Å². The number of anilines is 1. The normalized spacial score (nSPS) is 19.8. The van der Waals surface area contributed by atoms with Crippen LogP contribution < -0.4 is 10.2 Å². The van der Waals surface area contributed by atoms with E-state index in [1.807, 2.05) is 38.1 Å². The summed E-state index contributed by atoms with van der Waals surface area (Å²) in [4.78, 5) is 53.4. The summed E-state index contributed by atoms with van der Waals surface area (Å²) in [5.74, 6) is -2.04. The fraction of sp³-hybridized carbons (Fsp3) is 0.655. The number of hydrogen-bond acceptors (Lipinski definition) is 7. The molecule has 2 aliphatic rings. The lowest BCUT2D eigenvalue weighted by atomic mass is 9.79. The number of nitrogens with zero attached hydrogens (tertiary/aromatic N) is 2. The molecule has 1 fully saturated rings. The summed E-state index contributed by atoms with van der Waals surface area (Å²) in [6, 6.07) is 6.56. The molecule has 3 N–H and O–H groups in total. The lowest BCUT2D eigenvalue weighted by molar-refractivity contribution is -0.142. The fourth-order valence-corrected chi connectivity index (χ4v) is 5.30. The van der Waals surface area contributed by atoms with Gasteiger partial charge in [-0.05, 0) is 57.1 Å². The van der Waals surface area contributed by atoms with Crippen LogP contribution in [-0.4, -0.2) is 82.7 Å². The first-order chi connectivity index (χ1) is 18.6. The maximum atomic E-state index is 13.8. The van der Waals surface area contributed by atoms with Crippen LogP contribution in [0.3, 0.4) is 0 Å². The molecule has 1 aromatic carbocycles. The van der Waals surface area contributed by atoms with E-state index < -0.39 is 41.1 Å². The van der Waals surface area contributed by atoms with Gasteiger partial charge >= 0.3 is 18.2 Å². The number of carboxylic acid groups (broad SMARTS) is 1. The number of alkyl carbamates (subject to hydrolysis) is 1. The molecule has 0 unspecified atom stereocenters. The van der Waals surface area contributed by atoms with E-state index in [0.29, 0.717) is 26.1 Å². The Kier molecular flexibility index (Phi) is 9.71. The number of aliphatic hydroxyl groups excluding tert-OH is 1. The summed E-state index contributed by atoms with van der Waals surface area (Å²) in [5, 5.41) is 23.0. The second-order valence-electron chi connectivity index (χ2n) is 12.6. The molecule has 3 amide bonds. The van der Waals surface area contributed by atoms with Crippen LogP contribution in [0.1, 0.15) is 66.4 Å². The first kappa shape index (κ1) is 31.2. The monoisotopic (exact) mass is 561 g/mol. The van der Waals surface area contributed by atoms with Crippen molar-refractivity contribution in [2.24, 2.45) is 11.3 Å². The van der Waals surface area contributed by atoms with Crippen LogP contribution in [0.4, 0.5) is 15.3 Å². The van der Waals surface area contributed by atoms with E-state index in [9.17, 15) is 29.4 Å². The molecule has 0 bridgehead atoms. The average Bonchev–Trinajstić information content (AvgIpc) is 3.26. The molecular weight excluding hydrogens is 518 g/mol. The van der Waals surface area contributed by atoms with Crippen LogP contribution in [0, 0.1) is 11.3 Å². The molecule has 0 aromatic heterocycles. The zero-order valence-corrected chi connectivity index (χ0v) is 24.3. The first-order valence-corrected chi connectivity index (χ1v) is 13.8. The van der Waals surface area contributed by atoms with Crippen LogP contribution in [-0.2, 0) is 25.5 Å². The number of carbonyl (C=O) groups excluding carboxylic acids is 3. The van der Waals surface area contributed by atoms with Crippen LogP contribution in [0.5, 0.6) is 0 Å². The molecule has 11 heteroatoms. The molecule has 2 aliphatic heterocycles. The van der Waals surface area contributed by atoms with Crippen molar-refractivity contribution < 1.29 is 38.9 Å². The van der Waals surface area contributed by atoms with Crippen LogP contribution >= 0.6 is 0 Å². The van der Waals surface area contributed by atoms with Gasteiger partial charge in [0.1, 0.15) is 12.2 Å². The van der Waals surface area contributed by atoms with Crippen molar-refractivity contribution in [1.82, 2.24) is 10.2 Å². The van der Waals surface area contributed by atoms with Crippen LogP contribution in [0.2, 0.25) is 0 Å². The summed E-state index contributed by atoms with van der Waals surface area (Å²) >= 11 is 0. The number of cyclic esters (lactones) is 1. The molecule has 4 atom stereocenters. The summed E-state index contributed by atoms with van der Waals surface area (Å²) in [6.07, 6.45) is -1.45. The fourth-order valence-electron chi connectivity index (χ4n) is 5.30. The second kappa shape index (κ2) is 12.4. The van der Waals surface area contributed by atoms with Crippen LogP contribution in [0.15, 0.2) is 24.3 Å². The topological polar surface area (TPSA) is 146 Å². The number of aliphatic hydroxyl groups is 1. The van der Waals surface area contributed by atoms with Crippen LogP contribution in [0.25, 0.3) is 0 Å². The van der Waals surface area contributed by atoms with Gasteiger partial charge in [0.15, 0.2) is 0 Å². The molecule has 0 radical (unpaired) electrons. The largest absolute Gasteiger partial charge is 0.481 e. The molecular formula is C29H43N3O8. The predicted molar refractivity (Wildman–Crippen MR) is 148 cm³/mol. The summed E-state index contributed by atoms with van der Waals surface area (Å²) in [6.45, 7) is 11.5. The third kappa shape index (κ3) is 8.33. The number of fused-ring (bicyclic) bond motifs is 1. The molecule has 40 heavy (non-hydrogen) atoms. The van der Waals surface area contributed by atoms with E-state index in [0.717, 1.165) is 11.3 Å². The van der Waals surface area contributed by atoms with E-state index in [1.54, 1.807) is 30.6 Å². The van der Waals surface area contributed by atoms with Gasteiger partial charge in [-0.25, -0.2) is 9.59 Å². The van der Waals surface area contributed by atoms with E-state index in [4.69, 9.17) is 9.47 Å². The van der Waals surface area contributed by atoms with Crippen molar-refractivity contribution in [2.75, 3.05) is 24.6 Å². The Labute approximate surface area is 235 Å². The molecule has 11 nitrogen and oxygen atoms in total. The zero-order chi connectivity index (χ0) is 29.8. The molecule has 0 spiro atoms. The van der Waals surface area contributed by atoms with E-state index in [2.05, 4.69) is 5.32 Å². The summed E-state index contributed by atoms with van der Waals surface area (Å²) in [7, 11) is 0. The number of benzene rings is 1. The van der Waals surface area contributed by atoms with Crippen molar-refractivity contribution in [3.63, 3.8) is 0 Å². The third-order valence-electron chi connectivity index (χ3n) is 7.25. The van der Waals surface area contributed by atoms with Gasteiger partial charge < -0.3 is 29.9 Å². The number of hydrogen-bond donors (Lipinski definition) is 3. The minimum absolute atomic E-state index is 0.0764. The molecule has 222 valence electrons. The third-order valence-corrected chi connectivity index (χ3v) is 7.25. The highest BCUT2D eigenvalue weighted by atomic mass is 16.6. The van der Waals surface area contributed by atoms with Gasteiger partial charge in [-0.15, -0.1) is 0 Å². The number of nitrogens with one attached hydrogen (secondary N) is 1. The summed E-state index contributed by atoms with van der Waals surface area (Å²) in [5.41, 5.74) is 0.302. The Morgan fingerprint density at radius 3 is 2.45 bits per heavy atom. The van der Waals surface area contributed by atoms with Gasteiger partial charge in [0, 0.05) is 18.7 Å². The van der Waals surface area contributed by atoms with Gasteiger partial charge in [-0.1, -0.05) is 39.0 Å². The Morgan fingerprint density at radius 2 is 1.85 bits per heavy atom. The minimum Gasteiger partial charge on any atom is -0.481 e. The molecule has 1 aromatic rings. The van der Waals surface area contributed by atoms with Gasteiger partial charge in [0.2, 0.25) is 5.91 Å².